The Morgan fingerprint density at radius 2 is 2.08 bits per heavy atom. The molecule has 1 aromatic carbocycles. The smallest absolute Gasteiger partial charge is 0.269 e. The Kier molecular flexibility index (Phi) is 2.53. The summed E-state index contributed by atoms with van der Waals surface area (Å²) in [4.78, 5) is 11.2. The zero-order valence-corrected chi connectivity index (χ0v) is 7.59. The number of nitrogen functional groups attached to an aromatic ring is 1. The van der Waals surface area contributed by atoms with Gasteiger partial charge < -0.3 is 5.11 Å². The molecule has 0 bridgehead atoms. The van der Waals surface area contributed by atoms with Crippen molar-refractivity contribution in [2.45, 2.75) is 13.8 Å². The van der Waals surface area contributed by atoms with E-state index in [1.54, 1.807) is 6.92 Å². The van der Waals surface area contributed by atoms with Crippen LogP contribution in [0.5, 0.6) is 5.75 Å². The Balaban J connectivity index is 3.28. The summed E-state index contributed by atoms with van der Waals surface area (Å²) in [7, 11) is 0. The number of rotatable bonds is 1. The lowest BCUT2D eigenvalue weighted by Crippen LogP contribution is -2.30. The molecule has 1 aromatic rings. The van der Waals surface area contributed by atoms with Gasteiger partial charge in [-0.3, -0.25) is 10.2 Å². The molecule has 70 valence electrons. The van der Waals surface area contributed by atoms with Crippen LogP contribution < -0.4 is 11.3 Å². The molecule has 0 radical (unpaired) electrons. The Morgan fingerprint density at radius 1 is 1.46 bits per heavy atom. The summed E-state index contributed by atoms with van der Waals surface area (Å²) in [6.45, 7) is 3.59. The number of benzene rings is 1. The third kappa shape index (κ3) is 1.78. The van der Waals surface area contributed by atoms with Gasteiger partial charge in [0.05, 0.1) is 5.56 Å². The molecule has 0 saturated carbocycles. The molecule has 1 amide bonds. The molecule has 0 aliphatic heterocycles. The van der Waals surface area contributed by atoms with Gasteiger partial charge >= 0.3 is 0 Å². The quantitative estimate of drug-likeness (QED) is 0.337. The number of hydrazine groups is 1. The van der Waals surface area contributed by atoms with Gasteiger partial charge in [-0.1, -0.05) is 6.07 Å². The number of aryl methyl sites for hydroxylation is 2. The summed E-state index contributed by atoms with van der Waals surface area (Å²) >= 11 is 0. The largest absolute Gasteiger partial charge is 0.507 e. The minimum absolute atomic E-state index is 0.0412. The highest BCUT2D eigenvalue weighted by Crippen LogP contribution is 2.22. The van der Waals surface area contributed by atoms with E-state index >= 15 is 0 Å². The van der Waals surface area contributed by atoms with Crippen molar-refractivity contribution in [1.82, 2.24) is 5.43 Å². The second kappa shape index (κ2) is 3.45. The summed E-state index contributed by atoms with van der Waals surface area (Å²) < 4.78 is 0. The molecule has 13 heavy (non-hydrogen) atoms. The predicted octanol–water partition coefficient (Wildman–Crippen LogP) is 0.613. The number of phenols is 1. The maximum atomic E-state index is 11.2. The van der Waals surface area contributed by atoms with Crippen LogP contribution in [-0.4, -0.2) is 11.0 Å². The van der Waals surface area contributed by atoms with Crippen LogP contribution in [0, 0.1) is 13.8 Å². The maximum Gasteiger partial charge on any atom is 0.269 e. The average molecular weight is 180 g/mol. The highest BCUT2D eigenvalue weighted by atomic mass is 16.3. The number of aromatic hydroxyl groups is 1. The van der Waals surface area contributed by atoms with Gasteiger partial charge in [0.25, 0.3) is 5.91 Å². The Morgan fingerprint density at radius 3 is 2.54 bits per heavy atom. The number of carbonyl (C=O) groups is 1. The van der Waals surface area contributed by atoms with E-state index in [-0.39, 0.29) is 11.3 Å². The highest BCUT2D eigenvalue weighted by Gasteiger charge is 2.12. The van der Waals surface area contributed by atoms with Crippen molar-refractivity contribution in [2.24, 2.45) is 5.84 Å². The standard InChI is InChI=1S/C9H12N2O2/c1-5-3-6(2)8(7(12)4-5)9(13)11-10/h3-4,12H,10H2,1-2H3,(H,11,13). The number of amides is 1. The second-order valence-electron chi connectivity index (χ2n) is 2.95. The third-order valence-electron chi connectivity index (χ3n) is 1.82. The van der Waals surface area contributed by atoms with Crippen LogP contribution >= 0.6 is 0 Å². The molecule has 0 fully saturated rings. The molecule has 1 rings (SSSR count). The van der Waals surface area contributed by atoms with Gasteiger partial charge in [-0.25, -0.2) is 5.84 Å². The molecule has 0 heterocycles. The van der Waals surface area contributed by atoms with Gasteiger partial charge in [-0.15, -0.1) is 0 Å². The minimum atomic E-state index is -0.477. The van der Waals surface area contributed by atoms with Crippen LogP contribution in [0.1, 0.15) is 21.5 Å². The van der Waals surface area contributed by atoms with E-state index in [2.05, 4.69) is 0 Å². The van der Waals surface area contributed by atoms with Gasteiger partial charge in [0, 0.05) is 0 Å². The van der Waals surface area contributed by atoms with Crippen LogP contribution in [0.25, 0.3) is 0 Å². The van der Waals surface area contributed by atoms with E-state index in [0.717, 1.165) is 5.56 Å². The first-order valence-electron chi connectivity index (χ1n) is 3.87. The van der Waals surface area contributed by atoms with E-state index in [1.807, 2.05) is 18.4 Å². The molecule has 0 spiro atoms. The Bertz CT molecular complexity index is 324. The first kappa shape index (κ1) is 9.54. The van der Waals surface area contributed by atoms with E-state index in [0.29, 0.717) is 5.56 Å². The van der Waals surface area contributed by atoms with E-state index in [4.69, 9.17) is 5.84 Å². The summed E-state index contributed by atoms with van der Waals surface area (Å²) in [5.41, 5.74) is 3.83. The minimum Gasteiger partial charge on any atom is -0.507 e. The zero-order chi connectivity index (χ0) is 10.0. The van der Waals surface area contributed by atoms with Crippen molar-refractivity contribution >= 4 is 5.91 Å². The Labute approximate surface area is 76.3 Å². The van der Waals surface area contributed by atoms with Crippen molar-refractivity contribution < 1.29 is 9.90 Å². The first-order valence-corrected chi connectivity index (χ1v) is 3.87. The molecule has 4 nitrogen and oxygen atoms in total. The number of carbonyl (C=O) groups excluding carboxylic acids is 1. The molecule has 0 unspecified atom stereocenters. The van der Waals surface area contributed by atoms with Crippen molar-refractivity contribution in [2.75, 3.05) is 0 Å². The first-order chi connectivity index (χ1) is 6.06. The van der Waals surface area contributed by atoms with Crippen LogP contribution in [0.4, 0.5) is 0 Å². The number of hydrogen-bond donors (Lipinski definition) is 3. The molecular formula is C9H12N2O2. The molecule has 0 aliphatic carbocycles. The maximum absolute atomic E-state index is 11.2. The van der Waals surface area contributed by atoms with Crippen LogP contribution in [0.15, 0.2) is 12.1 Å². The molecule has 4 heteroatoms. The van der Waals surface area contributed by atoms with Crippen molar-refractivity contribution in [3.8, 4) is 5.75 Å². The van der Waals surface area contributed by atoms with Gasteiger partial charge in [0.1, 0.15) is 5.75 Å². The number of phenolic OH excluding ortho intramolecular Hbond substituents is 1. The summed E-state index contributed by atoms with van der Waals surface area (Å²) in [5.74, 6) is 4.45. The predicted molar refractivity (Wildman–Crippen MR) is 49.2 cm³/mol. The zero-order valence-electron chi connectivity index (χ0n) is 7.59. The van der Waals surface area contributed by atoms with Crippen molar-refractivity contribution in [1.29, 1.82) is 0 Å². The normalized spacial score (nSPS) is 9.77. The second-order valence-corrected chi connectivity index (χ2v) is 2.95. The van der Waals surface area contributed by atoms with Gasteiger partial charge in [-0.2, -0.15) is 0 Å². The van der Waals surface area contributed by atoms with Crippen LogP contribution in [0.2, 0.25) is 0 Å². The van der Waals surface area contributed by atoms with Crippen LogP contribution in [-0.2, 0) is 0 Å². The molecule has 0 saturated heterocycles. The van der Waals surface area contributed by atoms with Crippen molar-refractivity contribution in [3.05, 3.63) is 28.8 Å². The molecule has 0 atom stereocenters. The summed E-state index contributed by atoms with van der Waals surface area (Å²) in [5, 5.41) is 9.46. The number of hydrogen-bond acceptors (Lipinski definition) is 3. The third-order valence-corrected chi connectivity index (χ3v) is 1.82. The van der Waals surface area contributed by atoms with E-state index in [9.17, 15) is 9.90 Å². The SMILES string of the molecule is Cc1cc(C)c(C(=O)NN)c(O)c1. The molecule has 0 aliphatic rings. The molecule has 4 N–H and O–H groups in total. The summed E-state index contributed by atoms with van der Waals surface area (Å²) in [6, 6.07) is 3.34. The lowest BCUT2D eigenvalue weighted by Gasteiger charge is -2.07. The molecular weight excluding hydrogens is 168 g/mol. The van der Waals surface area contributed by atoms with E-state index in [1.165, 1.54) is 6.07 Å². The highest BCUT2D eigenvalue weighted by molar-refractivity contribution is 5.97. The monoisotopic (exact) mass is 180 g/mol. The van der Waals surface area contributed by atoms with Gasteiger partial charge in [0.15, 0.2) is 0 Å². The lowest BCUT2D eigenvalue weighted by molar-refractivity contribution is 0.0950. The lowest BCUT2D eigenvalue weighted by atomic mass is 10.0. The van der Waals surface area contributed by atoms with Crippen LogP contribution in [0.3, 0.4) is 0 Å². The fourth-order valence-electron chi connectivity index (χ4n) is 1.31. The van der Waals surface area contributed by atoms with Gasteiger partial charge in [0.2, 0.25) is 0 Å². The Hall–Kier alpha value is -1.55. The number of nitrogens with two attached hydrogens (primary N) is 1. The van der Waals surface area contributed by atoms with Gasteiger partial charge in [-0.05, 0) is 31.0 Å². The summed E-state index contributed by atoms with van der Waals surface area (Å²) in [6.07, 6.45) is 0. The fourth-order valence-corrected chi connectivity index (χ4v) is 1.31. The average Bonchev–Trinajstić information content (AvgIpc) is 2.02. The van der Waals surface area contributed by atoms with E-state index < -0.39 is 5.91 Å². The van der Waals surface area contributed by atoms with Crippen molar-refractivity contribution in [3.63, 3.8) is 0 Å². The topological polar surface area (TPSA) is 75.4 Å². The molecule has 0 aromatic heterocycles. The fraction of sp³-hybridized carbons (Fsp3) is 0.222. The number of nitrogens with one attached hydrogen (secondary N) is 1.